The van der Waals surface area contributed by atoms with Gasteiger partial charge in [0, 0.05) is 12.6 Å². The maximum absolute atomic E-state index is 12.8. The first-order chi connectivity index (χ1) is 12.4. The van der Waals surface area contributed by atoms with Crippen molar-refractivity contribution in [1.82, 2.24) is 9.88 Å². The number of carbonyl (C=O) groups excluding carboxylic acids is 1. The summed E-state index contributed by atoms with van der Waals surface area (Å²) >= 11 is 0. The van der Waals surface area contributed by atoms with Crippen LogP contribution in [0.15, 0.2) is 51.7 Å². The van der Waals surface area contributed by atoms with E-state index in [1.165, 1.54) is 24.3 Å². The molecule has 0 radical (unpaired) electrons. The average molecular weight is 359 g/mol. The van der Waals surface area contributed by atoms with Gasteiger partial charge in [-0.25, -0.2) is 9.18 Å². The number of oxazole rings is 1. The van der Waals surface area contributed by atoms with E-state index in [2.05, 4.69) is 5.32 Å². The molecule has 134 valence electrons. The van der Waals surface area contributed by atoms with Crippen LogP contribution in [0.1, 0.15) is 5.56 Å². The Balaban J connectivity index is 1.65. The second kappa shape index (κ2) is 7.18. The number of non-ortho nitro benzene ring substituents is 1. The molecule has 26 heavy (non-hydrogen) atoms. The van der Waals surface area contributed by atoms with E-state index < -0.39 is 16.6 Å². The summed E-state index contributed by atoms with van der Waals surface area (Å²) in [6.45, 7) is 0.0491. The van der Waals surface area contributed by atoms with Gasteiger partial charge in [0.05, 0.1) is 16.5 Å². The molecule has 0 bridgehead atoms. The molecule has 3 rings (SSSR count). The number of fused-ring (bicyclic) bond motifs is 1. The maximum Gasteiger partial charge on any atom is 0.420 e. The average Bonchev–Trinajstić information content (AvgIpc) is 2.91. The third-order valence-electron chi connectivity index (χ3n) is 3.81. The van der Waals surface area contributed by atoms with Crippen LogP contribution < -0.4 is 11.1 Å². The Bertz CT molecular complexity index is 1020. The third-order valence-corrected chi connectivity index (χ3v) is 3.81. The van der Waals surface area contributed by atoms with E-state index >= 15 is 0 Å². The zero-order chi connectivity index (χ0) is 18.7. The Kier molecular flexibility index (Phi) is 4.78. The number of nitrogens with zero attached hydrogens (tertiary/aromatic N) is 2. The van der Waals surface area contributed by atoms with E-state index in [0.717, 1.165) is 16.2 Å². The fraction of sp³-hybridized carbons (Fsp3) is 0.176. The van der Waals surface area contributed by atoms with Gasteiger partial charge in [-0.05, 0) is 30.2 Å². The molecular weight excluding hydrogens is 345 g/mol. The highest BCUT2D eigenvalue weighted by molar-refractivity contribution is 5.80. The number of hydrogen-bond donors (Lipinski definition) is 1. The minimum Gasteiger partial charge on any atom is -0.407 e. The van der Waals surface area contributed by atoms with Crippen molar-refractivity contribution in [2.45, 2.75) is 13.0 Å². The van der Waals surface area contributed by atoms with Crippen LogP contribution in [0.2, 0.25) is 0 Å². The molecule has 0 spiro atoms. The molecule has 0 fully saturated rings. The maximum atomic E-state index is 12.8. The monoisotopic (exact) mass is 359 g/mol. The number of benzene rings is 2. The molecule has 1 heterocycles. The summed E-state index contributed by atoms with van der Waals surface area (Å²) in [5.41, 5.74) is 1.00. The first-order valence-corrected chi connectivity index (χ1v) is 7.73. The summed E-state index contributed by atoms with van der Waals surface area (Å²) in [6, 6.07) is 9.68. The van der Waals surface area contributed by atoms with Crippen LogP contribution >= 0.6 is 0 Å². The molecule has 0 saturated heterocycles. The van der Waals surface area contributed by atoms with E-state index in [0.29, 0.717) is 18.5 Å². The largest absolute Gasteiger partial charge is 0.420 e. The Morgan fingerprint density at radius 3 is 2.65 bits per heavy atom. The summed E-state index contributed by atoms with van der Waals surface area (Å²) in [6.07, 6.45) is 0.513. The van der Waals surface area contributed by atoms with E-state index in [1.54, 1.807) is 12.1 Å². The smallest absolute Gasteiger partial charge is 0.407 e. The normalized spacial score (nSPS) is 10.8. The van der Waals surface area contributed by atoms with Crippen LogP contribution in [0.4, 0.5) is 10.1 Å². The zero-order valence-electron chi connectivity index (χ0n) is 13.5. The SMILES string of the molecule is O=C(Cn1c(=O)oc2cc([N+](=O)[O-])ccc21)NCCc1ccc(F)cc1. The van der Waals surface area contributed by atoms with E-state index in [9.17, 15) is 24.1 Å². The van der Waals surface area contributed by atoms with Gasteiger partial charge in [0.15, 0.2) is 5.58 Å². The van der Waals surface area contributed by atoms with Gasteiger partial charge in [-0.15, -0.1) is 0 Å². The Hall–Kier alpha value is -3.49. The molecule has 0 saturated carbocycles. The van der Waals surface area contributed by atoms with Crippen molar-refractivity contribution in [1.29, 1.82) is 0 Å². The number of halogens is 1. The van der Waals surface area contributed by atoms with Gasteiger partial charge in [-0.1, -0.05) is 12.1 Å². The van der Waals surface area contributed by atoms with Crippen LogP contribution in [-0.4, -0.2) is 21.9 Å². The number of amides is 1. The van der Waals surface area contributed by atoms with Crippen molar-refractivity contribution in [3.63, 3.8) is 0 Å². The molecule has 0 atom stereocenters. The summed E-state index contributed by atoms with van der Waals surface area (Å²) in [7, 11) is 0. The first kappa shape index (κ1) is 17.3. The molecule has 1 aromatic heterocycles. The van der Waals surface area contributed by atoms with Crippen LogP contribution in [0.3, 0.4) is 0 Å². The minimum absolute atomic E-state index is 0.0447. The Labute approximate surface area is 146 Å². The fourth-order valence-corrected chi connectivity index (χ4v) is 2.52. The molecular formula is C17H14FN3O5. The van der Waals surface area contributed by atoms with Crippen LogP contribution in [0.25, 0.3) is 11.1 Å². The number of nitro benzene ring substituents is 1. The Morgan fingerprint density at radius 1 is 1.23 bits per heavy atom. The lowest BCUT2D eigenvalue weighted by molar-refractivity contribution is -0.384. The molecule has 3 aromatic rings. The second-order valence-corrected chi connectivity index (χ2v) is 5.59. The summed E-state index contributed by atoms with van der Waals surface area (Å²) in [5, 5.41) is 13.4. The van der Waals surface area contributed by atoms with E-state index in [-0.39, 0.29) is 23.6 Å². The highest BCUT2D eigenvalue weighted by Gasteiger charge is 2.16. The fourth-order valence-electron chi connectivity index (χ4n) is 2.52. The second-order valence-electron chi connectivity index (χ2n) is 5.59. The van der Waals surface area contributed by atoms with E-state index in [4.69, 9.17) is 4.42 Å². The zero-order valence-corrected chi connectivity index (χ0v) is 13.5. The molecule has 8 nitrogen and oxygen atoms in total. The van der Waals surface area contributed by atoms with Gasteiger partial charge >= 0.3 is 5.76 Å². The lowest BCUT2D eigenvalue weighted by Crippen LogP contribution is -2.32. The first-order valence-electron chi connectivity index (χ1n) is 7.73. The summed E-state index contributed by atoms with van der Waals surface area (Å²) < 4.78 is 18.9. The number of hydrogen-bond acceptors (Lipinski definition) is 5. The number of carbonyl (C=O) groups is 1. The predicted molar refractivity (Wildman–Crippen MR) is 90.2 cm³/mol. The minimum atomic E-state index is -0.769. The predicted octanol–water partition coefficient (Wildman–Crippen LogP) is 2.00. The van der Waals surface area contributed by atoms with Gasteiger partial charge in [0.25, 0.3) is 5.69 Å². The van der Waals surface area contributed by atoms with Crippen molar-refractivity contribution in [3.05, 3.63) is 74.5 Å². The molecule has 2 aromatic carbocycles. The Morgan fingerprint density at radius 2 is 1.96 bits per heavy atom. The van der Waals surface area contributed by atoms with Crippen LogP contribution in [0.5, 0.6) is 0 Å². The molecule has 0 aliphatic carbocycles. The van der Waals surface area contributed by atoms with Crippen molar-refractivity contribution < 1.29 is 18.5 Å². The van der Waals surface area contributed by atoms with Gasteiger partial charge in [-0.3, -0.25) is 19.5 Å². The third kappa shape index (κ3) is 3.77. The van der Waals surface area contributed by atoms with Crippen molar-refractivity contribution in [2.75, 3.05) is 6.54 Å². The standard InChI is InChI=1S/C17H14FN3O5/c18-12-3-1-11(2-4-12)7-8-19-16(22)10-20-14-6-5-13(21(24)25)9-15(14)26-17(20)23/h1-6,9H,7-8,10H2,(H,19,22). The summed E-state index contributed by atoms with van der Waals surface area (Å²) in [4.78, 5) is 34.1. The topological polar surface area (TPSA) is 107 Å². The quantitative estimate of drug-likeness (QED) is 0.535. The molecule has 9 heteroatoms. The highest BCUT2D eigenvalue weighted by atomic mass is 19.1. The van der Waals surface area contributed by atoms with Gasteiger partial charge in [-0.2, -0.15) is 0 Å². The molecule has 0 aliphatic rings. The number of aromatic nitrogens is 1. The van der Waals surface area contributed by atoms with E-state index in [1.807, 2.05) is 0 Å². The molecule has 0 aliphatic heterocycles. The molecule has 0 unspecified atom stereocenters. The summed E-state index contributed by atoms with van der Waals surface area (Å²) in [5.74, 6) is -1.51. The van der Waals surface area contributed by atoms with Crippen LogP contribution in [-0.2, 0) is 17.8 Å². The van der Waals surface area contributed by atoms with Crippen molar-refractivity contribution in [2.24, 2.45) is 0 Å². The van der Waals surface area contributed by atoms with Gasteiger partial charge in [0.2, 0.25) is 5.91 Å². The molecule has 1 N–H and O–H groups in total. The lowest BCUT2D eigenvalue weighted by Gasteiger charge is -2.06. The number of rotatable bonds is 6. The lowest BCUT2D eigenvalue weighted by atomic mass is 10.1. The number of nitro groups is 1. The highest BCUT2D eigenvalue weighted by Crippen LogP contribution is 2.19. The van der Waals surface area contributed by atoms with Gasteiger partial charge < -0.3 is 9.73 Å². The number of nitrogens with one attached hydrogen (secondary N) is 1. The molecule has 1 amide bonds. The van der Waals surface area contributed by atoms with Crippen molar-refractivity contribution in [3.8, 4) is 0 Å². The van der Waals surface area contributed by atoms with Crippen LogP contribution in [0, 0.1) is 15.9 Å². The van der Waals surface area contributed by atoms with Gasteiger partial charge in [0.1, 0.15) is 12.4 Å². The van der Waals surface area contributed by atoms with Crippen molar-refractivity contribution >= 4 is 22.7 Å².